The van der Waals surface area contributed by atoms with Gasteiger partial charge in [-0.2, -0.15) is 0 Å². The molecule has 2 aromatic rings. The van der Waals surface area contributed by atoms with Crippen molar-refractivity contribution >= 4 is 0 Å². The molecule has 2 heteroatoms. The summed E-state index contributed by atoms with van der Waals surface area (Å²) in [6.07, 6.45) is 0.997. The predicted molar refractivity (Wildman–Crippen MR) is 88.9 cm³/mol. The molecule has 2 nitrogen and oxygen atoms in total. The summed E-state index contributed by atoms with van der Waals surface area (Å²) in [4.78, 5) is 0. The first kappa shape index (κ1) is 15.6. The highest BCUT2D eigenvalue weighted by molar-refractivity contribution is 5.33. The summed E-state index contributed by atoms with van der Waals surface area (Å²) in [5, 5.41) is 3.22. The third-order valence-electron chi connectivity index (χ3n) is 3.81. The van der Waals surface area contributed by atoms with Gasteiger partial charge in [0.25, 0.3) is 0 Å². The first-order valence-electron chi connectivity index (χ1n) is 7.68. The van der Waals surface area contributed by atoms with Gasteiger partial charge in [-0.05, 0) is 42.1 Å². The molecule has 0 saturated carbocycles. The second kappa shape index (κ2) is 7.84. The number of nitrogens with one attached hydrogen (secondary N) is 1. The molecule has 2 rings (SSSR count). The second-order valence-corrected chi connectivity index (χ2v) is 5.45. The molecule has 1 unspecified atom stereocenters. The monoisotopic (exact) mass is 283 g/mol. The molecule has 21 heavy (non-hydrogen) atoms. The molecule has 0 saturated heterocycles. The van der Waals surface area contributed by atoms with E-state index in [9.17, 15) is 0 Å². The van der Waals surface area contributed by atoms with Crippen LogP contribution < -0.4 is 10.1 Å². The Labute approximate surface area is 128 Å². The SMILES string of the molecule is CCc1ccccc1OCc1ccc(C(C)CNC)cc1. The molecule has 0 radical (unpaired) electrons. The van der Waals surface area contributed by atoms with Gasteiger partial charge in [-0.25, -0.2) is 0 Å². The lowest BCUT2D eigenvalue weighted by Crippen LogP contribution is -2.14. The standard InChI is InChI=1S/C19H25NO/c1-4-17-7-5-6-8-19(17)21-14-16-9-11-18(12-10-16)15(2)13-20-3/h5-12,15,20H,4,13-14H2,1-3H3. The van der Waals surface area contributed by atoms with Crippen LogP contribution in [-0.2, 0) is 13.0 Å². The van der Waals surface area contributed by atoms with E-state index >= 15 is 0 Å². The predicted octanol–water partition coefficient (Wildman–Crippen LogP) is 4.15. The van der Waals surface area contributed by atoms with Crippen LogP contribution >= 0.6 is 0 Å². The van der Waals surface area contributed by atoms with Crippen molar-refractivity contribution in [2.75, 3.05) is 13.6 Å². The molecule has 0 heterocycles. The van der Waals surface area contributed by atoms with Crippen LogP contribution in [0.15, 0.2) is 48.5 Å². The minimum Gasteiger partial charge on any atom is -0.489 e. The van der Waals surface area contributed by atoms with Gasteiger partial charge in [-0.3, -0.25) is 0 Å². The molecule has 1 atom stereocenters. The average Bonchev–Trinajstić information content (AvgIpc) is 2.54. The minimum absolute atomic E-state index is 0.533. The molecule has 112 valence electrons. The molecule has 0 spiro atoms. The minimum atomic E-state index is 0.533. The molecule has 0 bridgehead atoms. The summed E-state index contributed by atoms with van der Waals surface area (Å²) in [6, 6.07) is 17.0. The quantitative estimate of drug-likeness (QED) is 0.824. The van der Waals surface area contributed by atoms with E-state index in [0.29, 0.717) is 12.5 Å². The molecule has 0 aliphatic rings. The van der Waals surface area contributed by atoms with Crippen LogP contribution in [0.2, 0.25) is 0 Å². The molecule has 0 aliphatic heterocycles. The highest BCUT2D eigenvalue weighted by Gasteiger charge is 2.05. The summed E-state index contributed by atoms with van der Waals surface area (Å²) in [5.74, 6) is 1.53. The van der Waals surface area contributed by atoms with E-state index in [0.717, 1.165) is 18.7 Å². The van der Waals surface area contributed by atoms with Gasteiger partial charge in [0, 0.05) is 6.54 Å². The number of benzene rings is 2. The maximum atomic E-state index is 5.95. The largest absolute Gasteiger partial charge is 0.489 e. The van der Waals surface area contributed by atoms with Crippen LogP contribution in [-0.4, -0.2) is 13.6 Å². The van der Waals surface area contributed by atoms with Gasteiger partial charge in [0.15, 0.2) is 0 Å². The summed E-state index contributed by atoms with van der Waals surface area (Å²) in [7, 11) is 1.99. The van der Waals surface area contributed by atoms with Crippen LogP contribution in [0.1, 0.15) is 36.5 Å². The molecule has 0 amide bonds. The second-order valence-electron chi connectivity index (χ2n) is 5.45. The van der Waals surface area contributed by atoms with Gasteiger partial charge in [0.1, 0.15) is 12.4 Å². The normalized spacial score (nSPS) is 12.1. The summed E-state index contributed by atoms with van der Waals surface area (Å²) in [5.41, 5.74) is 3.83. The molecule has 0 fully saturated rings. The Morgan fingerprint density at radius 2 is 1.76 bits per heavy atom. The number of likely N-dealkylation sites (N-methyl/N-ethyl adjacent to an activating group) is 1. The number of ether oxygens (including phenoxy) is 1. The average molecular weight is 283 g/mol. The van der Waals surface area contributed by atoms with E-state index in [1.165, 1.54) is 16.7 Å². The highest BCUT2D eigenvalue weighted by atomic mass is 16.5. The lowest BCUT2D eigenvalue weighted by Gasteiger charge is -2.13. The smallest absolute Gasteiger partial charge is 0.122 e. The first-order chi connectivity index (χ1) is 10.2. The van der Waals surface area contributed by atoms with Crippen LogP contribution in [0.25, 0.3) is 0 Å². The summed E-state index contributed by atoms with van der Waals surface area (Å²) in [6.45, 7) is 6.01. The van der Waals surface area contributed by atoms with Gasteiger partial charge >= 0.3 is 0 Å². The van der Waals surface area contributed by atoms with Crippen LogP contribution in [0.4, 0.5) is 0 Å². The topological polar surface area (TPSA) is 21.3 Å². The third kappa shape index (κ3) is 4.33. The van der Waals surface area contributed by atoms with Crippen molar-refractivity contribution in [3.8, 4) is 5.75 Å². The van der Waals surface area contributed by atoms with E-state index in [4.69, 9.17) is 4.74 Å². The highest BCUT2D eigenvalue weighted by Crippen LogP contribution is 2.20. The zero-order valence-electron chi connectivity index (χ0n) is 13.2. The number of hydrogen-bond donors (Lipinski definition) is 1. The fourth-order valence-corrected chi connectivity index (χ4v) is 2.46. The zero-order valence-corrected chi connectivity index (χ0v) is 13.2. The van der Waals surface area contributed by atoms with Crippen LogP contribution in [0.3, 0.4) is 0 Å². The molecule has 0 aromatic heterocycles. The Hall–Kier alpha value is -1.80. The fraction of sp³-hybridized carbons (Fsp3) is 0.368. The summed E-state index contributed by atoms with van der Waals surface area (Å²) < 4.78 is 5.95. The Morgan fingerprint density at radius 3 is 2.43 bits per heavy atom. The van der Waals surface area contributed by atoms with Crippen LogP contribution in [0, 0.1) is 0 Å². The van der Waals surface area contributed by atoms with E-state index in [1.807, 2.05) is 19.2 Å². The van der Waals surface area contributed by atoms with Crippen molar-refractivity contribution < 1.29 is 4.74 Å². The van der Waals surface area contributed by atoms with Gasteiger partial charge in [-0.15, -0.1) is 0 Å². The number of aryl methyl sites for hydroxylation is 1. The van der Waals surface area contributed by atoms with Crippen molar-refractivity contribution in [3.05, 3.63) is 65.2 Å². The number of rotatable bonds is 7. The van der Waals surface area contributed by atoms with Crippen molar-refractivity contribution in [2.45, 2.75) is 32.8 Å². The first-order valence-corrected chi connectivity index (χ1v) is 7.68. The molecule has 0 aliphatic carbocycles. The zero-order chi connectivity index (χ0) is 15.1. The van der Waals surface area contributed by atoms with E-state index in [1.54, 1.807) is 0 Å². The van der Waals surface area contributed by atoms with Crippen molar-refractivity contribution in [1.82, 2.24) is 5.32 Å². The van der Waals surface area contributed by atoms with E-state index < -0.39 is 0 Å². The fourth-order valence-electron chi connectivity index (χ4n) is 2.46. The third-order valence-corrected chi connectivity index (χ3v) is 3.81. The lowest BCUT2D eigenvalue weighted by molar-refractivity contribution is 0.303. The molecule has 1 N–H and O–H groups in total. The maximum Gasteiger partial charge on any atom is 0.122 e. The van der Waals surface area contributed by atoms with Gasteiger partial charge in [0.2, 0.25) is 0 Å². The van der Waals surface area contributed by atoms with Gasteiger partial charge < -0.3 is 10.1 Å². The Bertz CT molecular complexity index is 548. The Morgan fingerprint density at radius 1 is 1.05 bits per heavy atom. The summed E-state index contributed by atoms with van der Waals surface area (Å²) >= 11 is 0. The Balaban J connectivity index is 1.97. The number of para-hydroxylation sites is 1. The maximum absolute atomic E-state index is 5.95. The van der Waals surface area contributed by atoms with Crippen molar-refractivity contribution in [2.24, 2.45) is 0 Å². The van der Waals surface area contributed by atoms with Crippen molar-refractivity contribution in [3.63, 3.8) is 0 Å². The molecule has 2 aromatic carbocycles. The number of hydrogen-bond acceptors (Lipinski definition) is 2. The lowest BCUT2D eigenvalue weighted by atomic mass is 10.00. The van der Waals surface area contributed by atoms with Crippen LogP contribution in [0.5, 0.6) is 5.75 Å². The van der Waals surface area contributed by atoms with Gasteiger partial charge in [-0.1, -0.05) is 56.3 Å². The van der Waals surface area contributed by atoms with Crippen molar-refractivity contribution in [1.29, 1.82) is 0 Å². The van der Waals surface area contributed by atoms with Gasteiger partial charge in [0.05, 0.1) is 0 Å². The van der Waals surface area contributed by atoms with E-state index in [2.05, 4.69) is 55.6 Å². The van der Waals surface area contributed by atoms with E-state index in [-0.39, 0.29) is 0 Å². The molecular formula is C19H25NO. The Kier molecular flexibility index (Phi) is 5.82. The molecular weight excluding hydrogens is 258 g/mol.